The van der Waals surface area contributed by atoms with Crippen LogP contribution in [-0.4, -0.2) is 18.6 Å². The molecule has 1 aromatic carbocycles. The summed E-state index contributed by atoms with van der Waals surface area (Å²) in [7, 11) is 0. The number of piperidine rings is 1. The minimum absolute atomic E-state index is 0.0121. The van der Waals surface area contributed by atoms with Crippen molar-refractivity contribution in [3.8, 4) is 5.75 Å². The summed E-state index contributed by atoms with van der Waals surface area (Å²) in [6.07, 6.45) is 0.973. The van der Waals surface area contributed by atoms with Gasteiger partial charge in [0.05, 0.1) is 12.5 Å². The largest absolute Gasteiger partial charge is 0.494 e. The first-order chi connectivity index (χ1) is 9.52. The molecule has 4 unspecified atom stereocenters. The van der Waals surface area contributed by atoms with Crippen LogP contribution in [0.1, 0.15) is 38.8 Å². The number of hydrogen-bond acceptors (Lipinski definition) is 3. The molecule has 0 bridgehead atoms. The molecule has 0 radical (unpaired) electrons. The van der Waals surface area contributed by atoms with Gasteiger partial charge in [0, 0.05) is 12.1 Å². The predicted molar refractivity (Wildman–Crippen MR) is 79.4 cm³/mol. The third kappa shape index (κ3) is 3.12. The molecule has 1 fully saturated rings. The van der Waals surface area contributed by atoms with Gasteiger partial charge in [-0.15, -0.1) is 0 Å². The Morgan fingerprint density at radius 2 is 2.00 bits per heavy atom. The van der Waals surface area contributed by atoms with E-state index in [1.54, 1.807) is 0 Å². The molecule has 3 N–H and O–H groups in total. The molecule has 2 rings (SSSR count). The van der Waals surface area contributed by atoms with E-state index >= 15 is 0 Å². The molecule has 1 aliphatic rings. The summed E-state index contributed by atoms with van der Waals surface area (Å²) in [5, 5.41) is 3.50. The van der Waals surface area contributed by atoms with Gasteiger partial charge in [0.15, 0.2) is 0 Å². The van der Waals surface area contributed by atoms with E-state index in [0.717, 1.165) is 17.7 Å². The van der Waals surface area contributed by atoms with E-state index in [0.29, 0.717) is 18.6 Å². The molecule has 0 aliphatic carbocycles. The highest BCUT2D eigenvalue weighted by molar-refractivity contribution is 5.78. The second kappa shape index (κ2) is 6.27. The zero-order chi connectivity index (χ0) is 14.7. The average molecular weight is 276 g/mol. The summed E-state index contributed by atoms with van der Waals surface area (Å²) < 4.78 is 5.45. The van der Waals surface area contributed by atoms with Crippen molar-refractivity contribution in [3.63, 3.8) is 0 Å². The molecule has 4 atom stereocenters. The van der Waals surface area contributed by atoms with Crippen LogP contribution >= 0.6 is 0 Å². The summed E-state index contributed by atoms with van der Waals surface area (Å²) in [5.41, 5.74) is 6.70. The van der Waals surface area contributed by atoms with Crippen molar-refractivity contribution in [2.24, 2.45) is 17.6 Å². The molecule has 1 aliphatic heterocycles. The summed E-state index contributed by atoms with van der Waals surface area (Å²) in [4.78, 5) is 11.8. The topological polar surface area (TPSA) is 64.3 Å². The van der Waals surface area contributed by atoms with Crippen molar-refractivity contribution in [3.05, 3.63) is 29.8 Å². The summed E-state index contributed by atoms with van der Waals surface area (Å²) in [6.45, 7) is 6.87. The van der Waals surface area contributed by atoms with E-state index < -0.39 is 0 Å². The standard InChI is InChI=1S/C16H24N2O2/c1-4-20-13-7-5-12(6-8-13)15-14(16(17)19)10(2)9-11(3)18-15/h5-8,10-11,14-15,18H,4,9H2,1-3H3,(H2,17,19). The number of primary amides is 1. The number of nitrogens with two attached hydrogens (primary N) is 1. The zero-order valence-electron chi connectivity index (χ0n) is 12.4. The maximum Gasteiger partial charge on any atom is 0.222 e. The number of carbonyl (C=O) groups excluding carboxylic acids is 1. The smallest absolute Gasteiger partial charge is 0.222 e. The van der Waals surface area contributed by atoms with E-state index in [4.69, 9.17) is 10.5 Å². The Balaban J connectivity index is 2.24. The highest BCUT2D eigenvalue weighted by atomic mass is 16.5. The molecule has 110 valence electrons. The molecule has 0 spiro atoms. The van der Waals surface area contributed by atoms with Gasteiger partial charge >= 0.3 is 0 Å². The molecule has 0 aromatic heterocycles. The zero-order valence-corrected chi connectivity index (χ0v) is 12.4. The van der Waals surface area contributed by atoms with Crippen LogP contribution in [-0.2, 0) is 4.79 Å². The summed E-state index contributed by atoms with van der Waals surface area (Å²) in [5.74, 6) is 0.754. The Bertz CT molecular complexity index is 458. The number of amides is 1. The Labute approximate surface area is 120 Å². The van der Waals surface area contributed by atoms with E-state index in [2.05, 4.69) is 19.2 Å². The van der Waals surface area contributed by atoms with Gasteiger partial charge in [-0.2, -0.15) is 0 Å². The van der Waals surface area contributed by atoms with Gasteiger partial charge in [0.1, 0.15) is 5.75 Å². The Morgan fingerprint density at radius 1 is 1.35 bits per heavy atom. The van der Waals surface area contributed by atoms with Crippen molar-refractivity contribution in [2.75, 3.05) is 6.61 Å². The van der Waals surface area contributed by atoms with Crippen LogP contribution in [0, 0.1) is 11.8 Å². The van der Waals surface area contributed by atoms with Gasteiger partial charge in [0.25, 0.3) is 0 Å². The maximum absolute atomic E-state index is 11.8. The molecule has 4 nitrogen and oxygen atoms in total. The van der Waals surface area contributed by atoms with E-state index in [1.807, 2.05) is 31.2 Å². The van der Waals surface area contributed by atoms with Crippen LogP contribution in [0.4, 0.5) is 0 Å². The van der Waals surface area contributed by atoms with E-state index in [1.165, 1.54) is 0 Å². The minimum atomic E-state index is -0.226. The second-order valence-corrected chi connectivity index (χ2v) is 5.69. The lowest BCUT2D eigenvalue weighted by Crippen LogP contribution is -2.49. The van der Waals surface area contributed by atoms with Gasteiger partial charge in [-0.1, -0.05) is 19.1 Å². The number of ether oxygens (including phenoxy) is 1. The lowest BCUT2D eigenvalue weighted by molar-refractivity contribution is -0.125. The van der Waals surface area contributed by atoms with Crippen LogP contribution in [0.2, 0.25) is 0 Å². The highest BCUT2D eigenvalue weighted by Gasteiger charge is 2.37. The Morgan fingerprint density at radius 3 is 2.55 bits per heavy atom. The maximum atomic E-state index is 11.8. The van der Waals surface area contributed by atoms with E-state index in [-0.39, 0.29) is 17.9 Å². The van der Waals surface area contributed by atoms with Crippen molar-refractivity contribution in [1.29, 1.82) is 0 Å². The highest BCUT2D eigenvalue weighted by Crippen LogP contribution is 2.35. The van der Waals surface area contributed by atoms with Gasteiger partial charge < -0.3 is 15.8 Å². The molecule has 1 aromatic rings. The number of rotatable bonds is 4. The van der Waals surface area contributed by atoms with Crippen LogP contribution in [0.3, 0.4) is 0 Å². The molecule has 1 heterocycles. The molecule has 1 amide bonds. The van der Waals surface area contributed by atoms with Gasteiger partial charge in [-0.3, -0.25) is 4.79 Å². The number of carbonyl (C=O) groups is 1. The average Bonchev–Trinajstić information content (AvgIpc) is 2.38. The minimum Gasteiger partial charge on any atom is -0.494 e. The Kier molecular flexibility index (Phi) is 4.65. The Hall–Kier alpha value is -1.55. The molecule has 1 saturated heterocycles. The number of nitrogens with one attached hydrogen (secondary N) is 1. The fraction of sp³-hybridized carbons (Fsp3) is 0.562. The van der Waals surface area contributed by atoms with Crippen molar-refractivity contribution < 1.29 is 9.53 Å². The fourth-order valence-corrected chi connectivity index (χ4v) is 3.20. The first-order valence-corrected chi connectivity index (χ1v) is 7.31. The molecular weight excluding hydrogens is 252 g/mol. The van der Waals surface area contributed by atoms with Crippen molar-refractivity contribution >= 4 is 5.91 Å². The second-order valence-electron chi connectivity index (χ2n) is 5.69. The quantitative estimate of drug-likeness (QED) is 0.886. The normalized spacial score (nSPS) is 29.9. The van der Waals surface area contributed by atoms with Crippen LogP contribution in [0.15, 0.2) is 24.3 Å². The number of benzene rings is 1. The van der Waals surface area contributed by atoms with Gasteiger partial charge in [0.2, 0.25) is 5.91 Å². The first-order valence-electron chi connectivity index (χ1n) is 7.31. The van der Waals surface area contributed by atoms with E-state index in [9.17, 15) is 4.79 Å². The van der Waals surface area contributed by atoms with Gasteiger partial charge in [-0.25, -0.2) is 0 Å². The van der Waals surface area contributed by atoms with Crippen molar-refractivity contribution in [2.45, 2.75) is 39.3 Å². The predicted octanol–water partition coefficient (Wildman–Crippen LogP) is 2.25. The molecular formula is C16H24N2O2. The molecule has 0 saturated carbocycles. The fourth-order valence-electron chi connectivity index (χ4n) is 3.20. The molecule has 20 heavy (non-hydrogen) atoms. The third-order valence-corrected chi connectivity index (χ3v) is 4.04. The monoisotopic (exact) mass is 276 g/mol. The van der Waals surface area contributed by atoms with Crippen LogP contribution in [0.5, 0.6) is 5.75 Å². The number of hydrogen-bond donors (Lipinski definition) is 2. The van der Waals surface area contributed by atoms with Crippen LogP contribution in [0.25, 0.3) is 0 Å². The van der Waals surface area contributed by atoms with Gasteiger partial charge in [-0.05, 0) is 43.9 Å². The first kappa shape index (κ1) is 14.9. The van der Waals surface area contributed by atoms with Crippen molar-refractivity contribution in [1.82, 2.24) is 5.32 Å². The van der Waals surface area contributed by atoms with Crippen LogP contribution < -0.4 is 15.8 Å². The lowest BCUT2D eigenvalue weighted by Gasteiger charge is -2.39. The third-order valence-electron chi connectivity index (χ3n) is 4.04. The lowest BCUT2D eigenvalue weighted by atomic mass is 9.76. The summed E-state index contributed by atoms with van der Waals surface area (Å²) in [6, 6.07) is 8.30. The molecule has 4 heteroatoms. The SMILES string of the molecule is CCOc1ccc(C2NC(C)CC(C)C2C(N)=O)cc1. The summed E-state index contributed by atoms with van der Waals surface area (Å²) >= 11 is 0.